The molecule has 20 heavy (non-hydrogen) atoms. The number of aliphatic imine (C=N–C) groups is 1. The van der Waals surface area contributed by atoms with Crippen molar-refractivity contribution in [3.63, 3.8) is 0 Å². The molecular formula is C16H13IN2O. The molecule has 1 aliphatic rings. The minimum Gasteiger partial charge on any atom is -0.309 e. The number of halogens is 1. The van der Waals surface area contributed by atoms with Crippen molar-refractivity contribution in [2.75, 3.05) is 11.9 Å². The number of nitrogens with zero attached hydrogens (tertiary/aromatic N) is 2. The lowest BCUT2D eigenvalue weighted by atomic mass is 10.1. The Morgan fingerprint density at radius 2 is 1.90 bits per heavy atom. The minimum atomic E-state index is -0.0533. The Balaban J connectivity index is 2.12. The first kappa shape index (κ1) is 13.3. The summed E-state index contributed by atoms with van der Waals surface area (Å²) in [4.78, 5) is 18.5. The number of anilines is 1. The molecule has 0 aromatic heterocycles. The van der Waals surface area contributed by atoms with Crippen molar-refractivity contribution in [1.29, 1.82) is 0 Å². The predicted octanol–water partition coefficient (Wildman–Crippen LogP) is 3.70. The SMILES string of the molecule is Cc1cc(N=C2C(=O)N(C)c3ccccc32)ccc1I. The van der Waals surface area contributed by atoms with Gasteiger partial charge >= 0.3 is 0 Å². The summed E-state index contributed by atoms with van der Waals surface area (Å²) in [7, 11) is 1.78. The molecule has 4 heteroatoms. The molecule has 0 N–H and O–H groups in total. The number of aryl methyl sites for hydroxylation is 1. The lowest BCUT2D eigenvalue weighted by Crippen LogP contribution is -2.25. The molecule has 0 aliphatic carbocycles. The van der Waals surface area contributed by atoms with E-state index in [4.69, 9.17) is 0 Å². The van der Waals surface area contributed by atoms with Gasteiger partial charge in [-0.25, -0.2) is 4.99 Å². The van der Waals surface area contributed by atoms with Crippen LogP contribution in [-0.4, -0.2) is 18.7 Å². The fourth-order valence-corrected chi connectivity index (χ4v) is 2.62. The molecule has 0 fully saturated rings. The van der Waals surface area contributed by atoms with Crippen LogP contribution in [0.5, 0.6) is 0 Å². The maximum Gasteiger partial charge on any atom is 0.277 e. The fourth-order valence-electron chi connectivity index (χ4n) is 2.29. The van der Waals surface area contributed by atoms with Crippen molar-refractivity contribution in [3.05, 3.63) is 57.2 Å². The quantitative estimate of drug-likeness (QED) is 0.699. The third-order valence-electron chi connectivity index (χ3n) is 3.41. The van der Waals surface area contributed by atoms with Crippen LogP contribution in [0.1, 0.15) is 11.1 Å². The van der Waals surface area contributed by atoms with Gasteiger partial charge < -0.3 is 4.90 Å². The topological polar surface area (TPSA) is 32.7 Å². The van der Waals surface area contributed by atoms with E-state index in [0.29, 0.717) is 5.71 Å². The molecule has 0 saturated heterocycles. The molecule has 2 aromatic rings. The van der Waals surface area contributed by atoms with Gasteiger partial charge in [0.2, 0.25) is 0 Å². The van der Waals surface area contributed by atoms with Crippen LogP contribution in [0.25, 0.3) is 0 Å². The number of rotatable bonds is 1. The van der Waals surface area contributed by atoms with E-state index in [1.54, 1.807) is 11.9 Å². The van der Waals surface area contributed by atoms with E-state index in [1.165, 1.54) is 9.13 Å². The molecule has 0 saturated carbocycles. The van der Waals surface area contributed by atoms with E-state index in [2.05, 4.69) is 27.6 Å². The van der Waals surface area contributed by atoms with Gasteiger partial charge in [0.1, 0.15) is 5.71 Å². The molecule has 0 atom stereocenters. The van der Waals surface area contributed by atoms with Crippen molar-refractivity contribution in [2.45, 2.75) is 6.92 Å². The minimum absolute atomic E-state index is 0.0533. The lowest BCUT2D eigenvalue weighted by Gasteiger charge is -2.07. The summed E-state index contributed by atoms with van der Waals surface area (Å²) >= 11 is 2.29. The molecule has 0 bridgehead atoms. The summed E-state index contributed by atoms with van der Waals surface area (Å²) in [6.07, 6.45) is 0. The van der Waals surface area contributed by atoms with Crippen molar-refractivity contribution in [2.24, 2.45) is 4.99 Å². The first-order valence-electron chi connectivity index (χ1n) is 6.30. The van der Waals surface area contributed by atoms with Crippen LogP contribution >= 0.6 is 22.6 Å². The highest BCUT2D eigenvalue weighted by Gasteiger charge is 2.30. The zero-order chi connectivity index (χ0) is 14.3. The molecule has 3 nitrogen and oxygen atoms in total. The van der Waals surface area contributed by atoms with E-state index in [1.807, 2.05) is 49.4 Å². The Morgan fingerprint density at radius 1 is 1.15 bits per heavy atom. The van der Waals surface area contributed by atoms with Gasteiger partial charge in [0.25, 0.3) is 5.91 Å². The van der Waals surface area contributed by atoms with Gasteiger partial charge in [-0.2, -0.15) is 0 Å². The highest BCUT2D eigenvalue weighted by atomic mass is 127. The number of para-hydroxylation sites is 1. The first-order chi connectivity index (χ1) is 9.58. The third-order valence-corrected chi connectivity index (χ3v) is 4.62. The van der Waals surface area contributed by atoms with Crippen LogP contribution < -0.4 is 4.90 Å². The summed E-state index contributed by atoms with van der Waals surface area (Å²) in [5, 5.41) is 0. The predicted molar refractivity (Wildman–Crippen MR) is 89.9 cm³/mol. The third kappa shape index (κ3) is 2.14. The van der Waals surface area contributed by atoms with Gasteiger partial charge in [0.15, 0.2) is 0 Å². The van der Waals surface area contributed by atoms with Gasteiger partial charge in [-0.05, 0) is 59.3 Å². The largest absolute Gasteiger partial charge is 0.309 e. The van der Waals surface area contributed by atoms with E-state index >= 15 is 0 Å². The number of carbonyl (C=O) groups is 1. The molecule has 1 amide bonds. The van der Waals surface area contributed by atoms with Crippen molar-refractivity contribution < 1.29 is 4.79 Å². The van der Waals surface area contributed by atoms with Crippen LogP contribution in [0.15, 0.2) is 47.5 Å². The molecule has 0 radical (unpaired) electrons. The Bertz CT molecular complexity index is 737. The van der Waals surface area contributed by atoms with Crippen LogP contribution in [0.3, 0.4) is 0 Å². The van der Waals surface area contributed by atoms with Crippen molar-refractivity contribution >= 4 is 45.6 Å². The Morgan fingerprint density at radius 3 is 2.65 bits per heavy atom. The van der Waals surface area contributed by atoms with E-state index < -0.39 is 0 Å². The van der Waals surface area contributed by atoms with E-state index in [0.717, 1.165) is 16.9 Å². The van der Waals surface area contributed by atoms with Crippen molar-refractivity contribution in [3.8, 4) is 0 Å². The summed E-state index contributed by atoms with van der Waals surface area (Å²) in [5.74, 6) is -0.0533. The van der Waals surface area contributed by atoms with Gasteiger partial charge in [0.05, 0.1) is 11.4 Å². The smallest absolute Gasteiger partial charge is 0.277 e. The number of amides is 1. The Labute approximate surface area is 131 Å². The Hall–Kier alpha value is -1.69. The summed E-state index contributed by atoms with van der Waals surface area (Å²) in [6.45, 7) is 2.04. The van der Waals surface area contributed by atoms with Gasteiger partial charge in [0, 0.05) is 16.2 Å². The van der Waals surface area contributed by atoms with Gasteiger partial charge in [-0.15, -0.1) is 0 Å². The van der Waals surface area contributed by atoms with Gasteiger partial charge in [-0.3, -0.25) is 4.79 Å². The lowest BCUT2D eigenvalue weighted by molar-refractivity contribution is -0.111. The molecule has 0 unspecified atom stereocenters. The zero-order valence-electron chi connectivity index (χ0n) is 11.2. The monoisotopic (exact) mass is 376 g/mol. The molecule has 0 spiro atoms. The van der Waals surface area contributed by atoms with Crippen LogP contribution in [0.2, 0.25) is 0 Å². The first-order valence-corrected chi connectivity index (χ1v) is 7.38. The number of hydrogen-bond acceptors (Lipinski definition) is 2. The molecule has 1 aliphatic heterocycles. The molecule has 1 heterocycles. The second kappa shape index (κ2) is 5.01. The fraction of sp³-hybridized carbons (Fsp3) is 0.125. The van der Waals surface area contributed by atoms with Crippen LogP contribution in [-0.2, 0) is 4.79 Å². The zero-order valence-corrected chi connectivity index (χ0v) is 13.4. The second-order valence-corrected chi connectivity index (χ2v) is 5.94. The van der Waals surface area contributed by atoms with E-state index in [-0.39, 0.29) is 5.91 Å². The maximum atomic E-state index is 12.3. The highest BCUT2D eigenvalue weighted by molar-refractivity contribution is 14.1. The average molecular weight is 376 g/mol. The van der Waals surface area contributed by atoms with Gasteiger partial charge in [-0.1, -0.05) is 18.2 Å². The normalized spacial score (nSPS) is 15.8. The number of carbonyl (C=O) groups excluding carboxylic acids is 1. The van der Waals surface area contributed by atoms with E-state index in [9.17, 15) is 4.79 Å². The number of fused-ring (bicyclic) bond motifs is 1. The summed E-state index contributed by atoms with van der Waals surface area (Å²) < 4.78 is 1.20. The van der Waals surface area contributed by atoms with Crippen molar-refractivity contribution in [1.82, 2.24) is 0 Å². The summed E-state index contributed by atoms with van der Waals surface area (Å²) in [5.41, 5.74) is 4.31. The Kier molecular flexibility index (Phi) is 3.33. The number of likely N-dealkylation sites (N-methyl/N-ethyl adjacent to an activating group) is 1. The summed E-state index contributed by atoms with van der Waals surface area (Å²) in [6, 6.07) is 13.7. The van der Waals surface area contributed by atoms with Crippen LogP contribution in [0.4, 0.5) is 11.4 Å². The maximum absolute atomic E-state index is 12.3. The average Bonchev–Trinajstić information content (AvgIpc) is 2.69. The molecular weight excluding hydrogens is 363 g/mol. The molecule has 2 aromatic carbocycles. The standard InChI is InChI=1S/C16H13IN2O/c1-10-9-11(7-8-13(10)17)18-15-12-5-3-4-6-14(12)19(2)16(15)20/h3-9H,1-2H3. The molecule has 3 rings (SSSR count). The number of benzene rings is 2. The second-order valence-electron chi connectivity index (χ2n) is 4.78. The highest BCUT2D eigenvalue weighted by Crippen LogP contribution is 2.29. The van der Waals surface area contributed by atoms with Crippen LogP contribution in [0, 0.1) is 10.5 Å². The molecule has 100 valence electrons. The number of hydrogen-bond donors (Lipinski definition) is 0.